The Morgan fingerprint density at radius 3 is 2.76 bits per heavy atom. The van der Waals surface area contributed by atoms with Gasteiger partial charge in [-0.1, -0.05) is 30.0 Å². The third-order valence-corrected chi connectivity index (χ3v) is 5.78. The monoisotopic (exact) mass is 415 g/mol. The van der Waals surface area contributed by atoms with Crippen LogP contribution in [-0.2, 0) is 4.79 Å². The molecular formula is C21H19F2N3O2S. The topological polar surface area (TPSA) is 64.0 Å². The molecule has 2 aromatic carbocycles. The minimum Gasteiger partial charge on any atom is -0.349 e. The second kappa shape index (κ2) is 7.94. The molecule has 1 aliphatic carbocycles. The number of thioether (sulfide) groups is 1. The first-order chi connectivity index (χ1) is 13.9. The normalized spacial score (nSPS) is 14.7. The summed E-state index contributed by atoms with van der Waals surface area (Å²) in [5.74, 6) is -1.66. The summed E-state index contributed by atoms with van der Waals surface area (Å²) in [6.45, 7) is 1.63. The van der Waals surface area contributed by atoms with Crippen LogP contribution in [0.2, 0.25) is 0 Å². The second-order valence-electron chi connectivity index (χ2n) is 7.06. The fourth-order valence-corrected chi connectivity index (χ4v) is 4.10. The van der Waals surface area contributed by atoms with Gasteiger partial charge in [-0.15, -0.1) is 0 Å². The molecule has 1 aromatic heterocycles. The van der Waals surface area contributed by atoms with E-state index in [4.69, 9.17) is 0 Å². The maximum atomic E-state index is 13.9. The van der Waals surface area contributed by atoms with Crippen LogP contribution in [-0.4, -0.2) is 21.2 Å². The third kappa shape index (κ3) is 4.17. The number of carbonyl (C=O) groups is 1. The highest BCUT2D eigenvalue weighted by Crippen LogP contribution is 2.36. The van der Waals surface area contributed by atoms with Crippen molar-refractivity contribution in [2.45, 2.75) is 37.0 Å². The molecule has 0 unspecified atom stereocenters. The Morgan fingerprint density at radius 1 is 1.28 bits per heavy atom. The van der Waals surface area contributed by atoms with Crippen molar-refractivity contribution in [1.82, 2.24) is 14.9 Å². The lowest BCUT2D eigenvalue weighted by Crippen LogP contribution is -2.29. The average Bonchev–Trinajstić information content (AvgIpc) is 3.51. The van der Waals surface area contributed by atoms with E-state index in [1.807, 2.05) is 6.07 Å². The van der Waals surface area contributed by atoms with Crippen LogP contribution in [0, 0.1) is 11.6 Å². The molecule has 0 saturated heterocycles. The van der Waals surface area contributed by atoms with Crippen LogP contribution in [0.1, 0.15) is 37.4 Å². The molecule has 1 atom stereocenters. The highest BCUT2D eigenvalue weighted by atomic mass is 32.2. The molecule has 29 heavy (non-hydrogen) atoms. The number of fused-ring (bicyclic) bond motifs is 1. The number of aromatic nitrogens is 2. The van der Waals surface area contributed by atoms with Crippen molar-refractivity contribution in [1.29, 1.82) is 0 Å². The highest BCUT2D eigenvalue weighted by molar-refractivity contribution is 7.99. The Bertz CT molecular complexity index is 1140. The molecule has 1 fully saturated rings. The Labute approximate surface area is 170 Å². The van der Waals surface area contributed by atoms with Gasteiger partial charge in [0.2, 0.25) is 5.91 Å². The van der Waals surface area contributed by atoms with Crippen molar-refractivity contribution < 1.29 is 13.6 Å². The van der Waals surface area contributed by atoms with Crippen molar-refractivity contribution in [2.24, 2.45) is 0 Å². The van der Waals surface area contributed by atoms with E-state index >= 15 is 0 Å². The van der Waals surface area contributed by atoms with Crippen LogP contribution in [0.5, 0.6) is 0 Å². The van der Waals surface area contributed by atoms with Crippen molar-refractivity contribution in [3.63, 3.8) is 0 Å². The molecule has 1 amide bonds. The van der Waals surface area contributed by atoms with Crippen LogP contribution >= 0.6 is 11.8 Å². The van der Waals surface area contributed by atoms with E-state index in [1.165, 1.54) is 17.8 Å². The van der Waals surface area contributed by atoms with Gasteiger partial charge in [0.25, 0.3) is 5.56 Å². The first-order valence-corrected chi connectivity index (χ1v) is 10.3. The van der Waals surface area contributed by atoms with Crippen LogP contribution < -0.4 is 10.9 Å². The van der Waals surface area contributed by atoms with Crippen molar-refractivity contribution >= 4 is 28.6 Å². The van der Waals surface area contributed by atoms with Gasteiger partial charge in [-0.25, -0.2) is 13.8 Å². The summed E-state index contributed by atoms with van der Waals surface area (Å²) >= 11 is 1.18. The molecule has 0 radical (unpaired) electrons. The molecule has 1 N–H and O–H groups in total. The zero-order chi connectivity index (χ0) is 20.5. The van der Waals surface area contributed by atoms with E-state index < -0.39 is 17.7 Å². The SMILES string of the molecule is C[C@H](NC(=O)CSc1nc2ccccc2c(=O)n1C1CC1)c1ccc(F)cc1F. The molecule has 1 aliphatic rings. The van der Waals surface area contributed by atoms with Gasteiger partial charge in [0.1, 0.15) is 11.6 Å². The second-order valence-corrected chi connectivity index (χ2v) is 8.00. The van der Waals surface area contributed by atoms with Gasteiger partial charge in [0.05, 0.1) is 22.7 Å². The summed E-state index contributed by atoms with van der Waals surface area (Å²) in [6.07, 6.45) is 1.83. The maximum Gasteiger partial charge on any atom is 0.262 e. The molecule has 5 nitrogen and oxygen atoms in total. The molecule has 8 heteroatoms. The molecule has 3 aromatic rings. The number of nitrogens with zero attached hydrogens (tertiary/aromatic N) is 2. The fraction of sp³-hybridized carbons (Fsp3) is 0.286. The zero-order valence-corrected chi connectivity index (χ0v) is 16.5. The number of carbonyl (C=O) groups excluding carboxylic acids is 1. The van der Waals surface area contributed by atoms with Crippen LogP contribution in [0.3, 0.4) is 0 Å². The predicted octanol–water partition coefficient (Wildman–Crippen LogP) is 3.98. The molecule has 1 heterocycles. The van der Waals surface area contributed by atoms with Gasteiger partial charge in [-0.3, -0.25) is 14.2 Å². The number of nitrogens with one attached hydrogen (secondary N) is 1. The Kier molecular flexibility index (Phi) is 5.36. The molecule has 1 saturated carbocycles. The summed E-state index contributed by atoms with van der Waals surface area (Å²) in [6, 6.07) is 9.93. The minimum absolute atomic E-state index is 0.0324. The number of hydrogen-bond acceptors (Lipinski definition) is 4. The van der Waals surface area contributed by atoms with Gasteiger partial charge in [0, 0.05) is 17.7 Å². The number of rotatable bonds is 6. The van der Waals surface area contributed by atoms with Gasteiger partial charge in [0.15, 0.2) is 5.16 Å². The van der Waals surface area contributed by atoms with E-state index in [0.29, 0.717) is 16.1 Å². The summed E-state index contributed by atoms with van der Waals surface area (Å²) in [5, 5.41) is 3.78. The maximum absolute atomic E-state index is 13.9. The smallest absolute Gasteiger partial charge is 0.262 e. The van der Waals surface area contributed by atoms with E-state index in [1.54, 1.807) is 29.7 Å². The van der Waals surface area contributed by atoms with Crippen molar-refractivity contribution in [2.75, 3.05) is 5.75 Å². The quantitative estimate of drug-likeness (QED) is 0.489. The average molecular weight is 415 g/mol. The summed E-state index contributed by atoms with van der Waals surface area (Å²) in [7, 11) is 0. The lowest BCUT2D eigenvalue weighted by molar-refractivity contribution is -0.119. The Balaban J connectivity index is 1.50. The number of halogens is 2. The molecule has 0 spiro atoms. The molecule has 150 valence electrons. The number of hydrogen-bond donors (Lipinski definition) is 1. The van der Waals surface area contributed by atoms with E-state index in [9.17, 15) is 18.4 Å². The van der Waals surface area contributed by atoms with Gasteiger partial charge >= 0.3 is 0 Å². The summed E-state index contributed by atoms with van der Waals surface area (Å²) in [4.78, 5) is 29.8. The largest absolute Gasteiger partial charge is 0.349 e. The standard InChI is InChI=1S/C21H19F2N3O2S/c1-12(15-9-6-13(22)10-17(15)23)24-19(27)11-29-21-25-18-5-3-2-4-16(18)20(28)26(21)14-7-8-14/h2-6,9-10,12,14H,7-8,11H2,1H3,(H,24,27)/t12-/m0/s1. The van der Waals surface area contributed by atoms with E-state index in [-0.39, 0.29) is 28.8 Å². The third-order valence-electron chi connectivity index (χ3n) is 4.83. The van der Waals surface area contributed by atoms with Gasteiger partial charge in [-0.05, 0) is 38.0 Å². The number of benzene rings is 2. The van der Waals surface area contributed by atoms with E-state index in [0.717, 1.165) is 25.0 Å². The Hall–Kier alpha value is -2.74. The first kappa shape index (κ1) is 19.6. The predicted molar refractivity (Wildman–Crippen MR) is 108 cm³/mol. The lowest BCUT2D eigenvalue weighted by Gasteiger charge is -2.16. The van der Waals surface area contributed by atoms with Gasteiger partial charge < -0.3 is 5.32 Å². The molecule has 4 rings (SSSR count). The summed E-state index contributed by atoms with van der Waals surface area (Å²) < 4.78 is 28.6. The van der Waals surface area contributed by atoms with Crippen LogP contribution in [0.25, 0.3) is 10.9 Å². The molecular weight excluding hydrogens is 396 g/mol. The minimum atomic E-state index is -0.704. The van der Waals surface area contributed by atoms with Crippen LogP contribution in [0.15, 0.2) is 52.4 Å². The van der Waals surface area contributed by atoms with Crippen LogP contribution in [0.4, 0.5) is 8.78 Å². The first-order valence-electron chi connectivity index (χ1n) is 9.32. The molecule has 0 aliphatic heterocycles. The highest BCUT2D eigenvalue weighted by Gasteiger charge is 2.28. The van der Waals surface area contributed by atoms with E-state index in [2.05, 4.69) is 10.3 Å². The van der Waals surface area contributed by atoms with Crippen molar-refractivity contribution in [3.05, 3.63) is 70.0 Å². The summed E-state index contributed by atoms with van der Waals surface area (Å²) in [5.41, 5.74) is 0.713. The lowest BCUT2D eigenvalue weighted by atomic mass is 10.1. The zero-order valence-electron chi connectivity index (χ0n) is 15.7. The van der Waals surface area contributed by atoms with Gasteiger partial charge in [-0.2, -0.15) is 0 Å². The number of amides is 1. The number of para-hydroxylation sites is 1. The Morgan fingerprint density at radius 2 is 2.03 bits per heavy atom. The fourth-order valence-electron chi connectivity index (χ4n) is 3.23. The molecule has 0 bridgehead atoms. The van der Waals surface area contributed by atoms with Crippen molar-refractivity contribution in [3.8, 4) is 0 Å².